The molecule has 0 amide bonds. The number of hydrogen-bond acceptors (Lipinski definition) is 1. The van der Waals surface area contributed by atoms with Gasteiger partial charge < -0.3 is 5.11 Å². The van der Waals surface area contributed by atoms with Gasteiger partial charge in [-0.05, 0) is 46.2 Å². The van der Waals surface area contributed by atoms with E-state index in [9.17, 15) is 5.11 Å². The summed E-state index contributed by atoms with van der Waals surface area (Å²) in [6.07, 6.45) is 6.78. The highest BCUT2D eigenvalue weighted by atomic mass is 16.3. The molecule has 0 bridgehead atoms. The van der Waals surface area contributed by atoms with E-state index in [-0.39, 0.29) is 6.10 Å². The minimum Gasteiger partial charge on any atom is -0.388 e. The SMILES string of the molecule is OC1Cc2ccccc2-c2ccc3c(c21)CC=CC3. The van der Waals surface area contributed by atoms with Gasteiger partial charge in [-0.15, -0.1) is 0 Å². The average Bonchev–Trinajstić information content (AvgIpc) is 2.46. The third kappa shape index (κ3) is 1.58. The second kappa shape index (κ2) is 4.07. The Hall–Kier alpha value is -1.86. The van der Waals surface area contributed by atoms with Gasteiger partial charge in [-0.25, -0.2) is 0 Å². The number of benzene rings is 2. The number of aliphatic hydroxyl groups is 1. The van der Waals surface area contributed by atoms with Gasteiger partial charge >= 0.3 is 0 Å². The van der Waals surface area contributed by atoms with E-state index < -0.39 is 0 Å². The molecular weight excluding hydrogens is 232 g/mol. The number of allylic oxidation sites excluding steroid dienone is 2. The first-order chi connectivity index (χ1) is 9.34. The van der Waals surface area contributed by atoms with Gasteiger partial charge in [0.15, 0.2) is 0 Å². The number of aliphatic hydroxyl groups excluding tert-OH is 1. The Morgan fingerprint density at radius 1 is 0.842 bits per heavy atom. The summed E-state index contributed by atoms with van der Waals surface area (Å²) in [7, 11) is 0. The van der Waals surface area contributed by atoms with Gasteiger partial charge in [-0.3, -0.25) is 0 Å². The lowest BCUT2D eigenvalue weighted by atomic mass is 9.78. The van der Waals surface area contributed by atoms with Crippen LogP contribution in [0.5, 0.6) is 0 Å². The topological polar surface area (TPSA) is 20.2 Å². The van der Waals surface area contributed by atoms with Gasteiger partial charge in [-0.1, -0.05) is 48.6 Å². The molecule has 4 rings (SSSR count). The molecule has 2 aliphatic carbocycles. The third-order valence-electron chi connectivity index (χ3n) is 4.33. The molecule has 94 valence electrons. The Morgan fingerprint density at radius 3 is 2.63 bits per heavy atom. The summed E-state index contributed by atoms with van der Waals surface area (Å²) in [5, 5.41) is 10.5. The average molecular weight is 248 g/mol. The van der Waals surface area contributed by atoms with Crippen LogP contribution in [-0.4, -0.2) is 5.11 Å². The van der Waals surface area contributed by atoms with Crippen LogP contribution in [-0.2, 0) is 19.3 Å². The minimum absolute atomic E-state index is 0.355. The van der Waals surface area contributed by atoms with Crippen LogP contribution in [0.25, 0.3) is 11.1 Å². The third-order valence-corrected chi connectivity index (χ3v) is 4.33. The second-order valence-electron chi connectivity index (χ2n) is 5.42. The van der Waals surface area contributed by atoms with Gasteiger partial charge in [0.2, 0.25) is 0 Å². The van der Waals surface area contributed by atoms with E-state index >= 15 is 0 Å². The van der Waals surface area contributed by atoms with E-state index in [0.29, 0.717) is 0 Å². The molecule has 0 saturated heterocycles. The van der Waals surface area contributed by atoms with Gasteiger partial charge in [0.25, 0.3) is 0 Å². The highest BCUT2D eigenvalue weighted by Gasteiger charge is 2.26. The Balaban J connectivity index is 2.01. The fourth-order valence-electron chi connectivity index (χ4n) is 3.44. The van der Waals surface area contributed by atoms with Crippen LogP contribution in [0.15, 0.2) is 48.6 Å². The van der Waals surface area contributed by atoms with Crippen molar-refractivity contribution in [2.45, 2.75) is 25.4 Å². The van der Waals surface area contributed by atoms with Crippen molar-refractivity contribution in [3.63, 3.8) is 0 Å². The maximum absolute atomic E-state index is 10.5. The summed E-state index contributed by atoms with van der Waals surface area (Å²) >= 11 is 0. The maximum Gasteiger partial charge on any atom is 0.0839 e. The molecule has 1 heteroatoms. The Morgan fingerprint density at radius 2 is 1.68 bits per heavy atom. The molecule has 1 unspecified atom stereocenters. The lowest BCUT2D eigenvalue weighted by Gasteiger charge is -2.29. The molecule has 2 aromatic rings. The molecule has 0 heterocycles. The Labute approximate surface area is 113 Å². The van der Waals surface area contributed by atoms with Crippen molar-refractivity contribution in [1.29, 1.82) is 0 Å². The molecule has 0 saturated carbocycles. The molecule has 1 N–H and O–H groups in total. The quantitative estimate of drug-likeness (QED) is 0.706. The fourth-order valence-corrected chi connectivity index (χ4v) is 3.44. The standard InChI is InChI=1S/C18H16O/c19-17-11-13-6-2-3-7-14(13)16-10-9-12-5-1-4-8-15(12)18(16)17/h1-4,6-7,9-10,17,19H,5,8,11H2. The van der Waals surface area contributed by atoms with E-state index in [1.165, 1.54) is 33.4 Å². The van der Waals surface area contributed by atoms with E-state index in [2.05, 4.69) is 48.6 Å². The highest BCUT2D eigenvalue weighted by molar-refractivity contribution is 5.76. The molecule has 0 fully saturated rings. The van der Waals surface area contributed by atoms with Crippen LogP contribution in [0.3, 0.4) is 0 Å². The Bertz CT molecular complexity index is 682. The van der Waals surface area contributed by atoms with Crippen molar-refractivity contribution in [3.05, 3.63) is 70.8 Å². The molecule has 2 aliphatic rings. The fraction of sp³-hybridized carbons (Fsp3) is 0.222. The summed E-state index contributed by atoms with van der Waals surface area (Å²) in [4.78, 5) is 0. The lowest BCUT2D eigenvalue weighted by Crippen LogP contribution is -2.15. The minimum atomic E-state index is -0.355. The first-order valence-electron chi connectivity index (χ1n) is 6.90. The van der Waals surface area contributed by atoms with Crippen molar-refractivity contribution < 1.29 is 5.11 Å². The summed E-state index contributed by atoms with van der Waals surface area (Å²) in [5.74, 6) is 0. The van der Waals surface area contributed by atoms with Crippen molar-refractivity contribution in [3.8, 4) is 11.1 Å². The zero-order chi connectivity index (χ0) is 12.8. The maximum atomic E-state index is 10.5. The second-order valence-corrected chi connectivity index (χ2v) is 5.42. The normalized spacial score (nSPS) is 19.5. The van der Waals surface area contributed by atoms with Crippen molar-refractivity contribution in [2.24, 2.45) is 0 Å². The molecule has 19 heavy (non-hydrogen) atoms. The van der Waals surface area contributed by atoms with E-state index in [0.717, 1.165) is 19.3 Å². The van der Waals surface area contributed by atoms with Crippen LogP contribution < -0.4 is 0 Å². The van der Waals surface area contributed by atoms with Gasteiger partial charge in [0.05, 0.1) is 6.10 Å². The van der Waals surface area contributed by atoms with Gasteiger partial charge in [0.1, 0.15) is 0 Å². The number of rotatable bonds is 0. The first kappa shape index (κ1) is 11.0. The predicted octanol–water partition coefficient (Wildman–Crippen LogP) is 3.60. The van der Waals surface area contributed by atoms with Crippen LogP contribution in [0.4, 0.5) is 0 Å². The molecule has 0 aliphatic heterocycles. The molecule has 0 aromatic heterocycles. The van der Waals surface area contributed by atoms with E-state index in [1.807, 2.05) is 0 Å². The number of fused-ring (bicyclic) bond motifs is 5. The predicted molar refractivity (Wildman–Crippen MR) is 77.1 cm³/mol. The summed E-state index contributed by atoms with van der Waals surface area (Å²) in [6.45, 7) is 0. The van der Waals surface area contributed by atoms with Crippen molar-refractivity contribution >= 4 is 0 Å². The van der Waals surface area contributed by atoms with Crippen LogP contribution >= 0.6 is 0 Å². The molecule has 0 radical (unpaired) electrons. The molecular formula is C18H16O. The van der Waals surface area contributed by atoms with Crippen LogP contribution in [0.2, 0.25) is 0 Å². The lowest BCUT2D eigenvalue weighted by molar-refractivity contribution is 0.176. The molecule has 2 aromatic carbocycles. The van der Waals surface area contributed by atoms with Crippen LogP contribution in [0.1, 0.15) is 28.4 Å². The zero-order valence-corrected chi connectivity index (χ0v) is 10.8. The monoisotopic (exact) mass is 248 g/mol. The smallest absolute Gasteiger partial charge is 0.0839 e. The van der Waals surface area contributed by atoms with Crippen molar-refractivity contribution in [1.82, 2.24) is 0 Å². The van der Waals surface area contributed by atoms with Gasteiger partial charge in [0, 0.05) is 6.42 Å². The summed E-state index contributed by atoms with van der Waals surface area (Å²) in [5.41, 5.74) is 7.67. The van der Waals surface area contributed by atoms with E-state index in [4.69, 9.17) is 0 Å². The molecule has 1 nitrogen and oxygen atoms in total. The zero-order valence-electron chi connectivity index (χ0n) is 10.8. The first-order valence-corrected chi connectivity index (χ1v) is 6.90. The summed E-state index contributed by atoms with van der Waals surface area (Å²) in [6, 6.07) is 12.9. The Kier molecular flexibility index (Phi) is 2.36. The van der Waals surface area contributed by atoms with Crippen molar-refractivity contribution in [2.75, 3.05) is 0 Å². The highest BCUT2D eigenvalue weighted by Crippen LogP contribution is 2.42. The molecule has 1 atom stereocenters. The molecule has 0 spiro atoms. The van der Waals surface area contributed by atoms with Crippen LogP contribution in [0, 0.1) is 0 Å². The van der Waals surface area contributed by atoms with Gasteiger partial charge in [-0.2, -0.15) is 0 Å². The van der Waals surface area contributed by atoms with E-state index in [1.54, 1.807) is 0 Å². The largest absolute Gasteiger partial charge is 0.388 e. The number of hydrogen-bond donors (Lipinski definition) is 1. The summed E-state index contributed by atoms with van der Waals surface area (Å²) < 4.78 is 0.